The lowest BCUT2D eigenvalue weighted by Crippen LogP contribution is -2.38. The van der Waals surface area contributed by atoms with E-state index in [4.69, 9.17) is 16.0 Å². The number of alkyl halides is 1. The third kappa shape index (κ3) is 4.22. The smallest absolute Gasteiger partial charge is 0.318 e. The van der Waals surface area contributed by atoms with Gasteiger partial charge in [-0.15, -0.1) is 16.7 Å². The number of carbonyl (C=O) groups is 1. The Balaban J connectivity index is 2.57. The number of halogens is 1. The SMILES string of the molecule is CC(C)NC(=O)CN(C)c1nnc(C(C)Cl)o1. The molecule has 1 amide bonds. The predicted octanol–water partition coefficient (Wildman–Crippen LogP) is 1.33. The molecular weight excluding hydrogens is 244 g/mol. The molecule has 0 aliphatic rings. The van der Waals surface area contributed by atoms with Gasteiger partial charge in [0.1, 0.15) is 11.9 Å². The van der Waals surface area contributed by atoms with Crippen LogP contribution in [0.15, 0.2) is 4.42 Å². The zero-order valence-electron chi connectivity index (χ0n) is 10.4. The molecule has 0 aromatic carbocycles. The first-order valence-electron chi connectivity index (χ1n) is 5.38. The Morgan fingerprint density at radius 3 is 2.59 bits per heavy atom. The lowest BCUT2D eigenvalue weighted by atomic mass is 10.4. The van der Waals surface area contributed by atoms with Crippen molar-refractivity contribution in [2.75, 3.05) is 18.5 Å². The number of hydrogen-bond donors (Lipinski definition) is 1. The largest absolute Gasteiger partial charge is 0.406 e. The lowest BCUT2D eigenvalue weighted by molar-refractivity contribution is -0.120. The number of likely N-dealkylation sites (N-methyl/N-ethyl adjacent to an activating group) is 1. The number of rotatable bonds is 5. The highest BCUT2D eigenvalue weighted by Crippen LogP contribution is 2.20. The molecule has 1 heterocycles. The molecule has 7 heteroatoms. The van der Waals surface area contributed by atoms with Gasteiger partial charge >= 0.3 is 6.01 Å². The second kappa shape index (κ2) is 5.86. The monoisotopic (exact) mass is 260 g/mol. The Morgan fingerprint density at radius 1 is 1.47 bits per heavy atom. The van der Waals surface area contributed by atoms with E-state index < -0.39 is 0 Å². The summed E-state index contributed by atoms with van der Waals surface area (Å²) in [6, 6.07) is 0.392. The van der Waals surface area contributed by atoms with Crippen molar-refractivity contribution in [2.24, 2.45) is 0 Å². The van der Waals surface area contributed by atoms with E-state index in [1.807, 2.05) is 13.8 Å². The molecule has 0 radical (unpaired) electrons. The van der Waals surface area contributed by atoms with Gasteiger partial charge in [-0.3, -0.25) is 4.79 Å². The Hall–Kier alpha value is -1.30. The average molecular weight is 261 g/mol. The van der Waals surface area contributed by atoms with Gasteiger partial charge in [0, 0.05) is 13.1 Å². The summed E-state index contributed by atoms with van der Waals surface area (Å²) in [5.74, 6) is 0.249. The van der Waals surface area contributed by atoms with Gasteiger partial charge in [-0.2, -0.15) is 0 Å². The number of anilines is 1. The molecule has 0 aliphatic heterocycles. The summed E-state index contributed by atoms with van der Waals surface area (Å²) < 4.78 is 5.30. The molecule has 1 atom stereocenters. The number of amides is 1. The topological polar surface area (TPSA) is 71.3 Å². The fourth-order valence-corrected chi connectivity index (χ4v) is 1.28. The first-order chi connectivity index (χ1) is 7.90. The van der Waals surface area contributed by atoms with Crippen LogP contribution in [0, 0.1) is 0 Å². The Kier molecular flexibility index (Phi) is 4.74. The molecule has 1 rings (SSSR count). The summed E-state index contributed by atoms with van der Waals surface area (Å²) in [6.07, 6.45) is 0. The van der Waals surface area contributed by atoms with Crippen molar-refractivity contribution in [3.63, 3.8) is 0 Å². The van der Waals surface area contributed by atoms with Crippen molar-refractivity contribution in [3.05, 3.63) is 5.89 Å². The summed E-state index contributed by atoms with van der Waals surface area (Å²) in [4.78, 5) is 13.1. The molecule has 96 valence electrons. The van der Waals surface area contributed by atoms with Gasteiger partial charge in [-0.05, 0) is 20.8 Å². The zero-order valence-corrected chi connectivity index (χ0v) is 11.2. The van der Waals surface area contributed by atoms with E-state index in [2.05, 4.69) is 15.5 Å². The van der Waals surface area contributed by atoms with E-state index >= 15 is 0 Å². The molecule has 1 unspecified atom stereocenters. The molecule has 0 bridgehead atoms. The van der Waals surface area contributed by atoms with Crippen molar-refractivity contribution in [1.29, 1.82) is 0 Å². The van der Waals surface area contributed by atoms with Crippen LogP contribution < -0.4 is 10.2 Å². The van der Waals surface area contributed by atoms with Gasteiger partial charge in [-0.25, -0.2) is 0 Å². The summed E-state index contributed by atoms with van der Waals surface area (Å²) in [6.45, 7) is 5.70. The normalized spacial score (nSPS) is 12.6. The van der Waals surface area contributed by atoms with Crippen LogP contribution in [0.2, 0.25) is 0 Å². The molecule has 1 aromatic heterocycles. The summed E-state index contributed by atoms with van der Waals surface area (Å²) in [5, 5.41) is 10.0. The van der Waals surface area contributed by atoms with Gasteiger partial charge in [0.2, 0.25) is 11.8 Å². The molecular formula is C10H17ClN4O2. The number of nitrogens with zero attached hydrogens (tertiary/aromatic N) is 3. The van der Waals surface area contributed by atoms with Crippen molar-refractivity contribution < 1.29 is 9.21 Å². The van der Waals surface area contributed by atoms with E-state index in [1.54, 1.807) is 18.9 Å². The fraction of sp³-hybridized carbons (Fsp3) is 0.700. The van der Waals surface area contributed by atoms with E-state index in [9.17, 15) is 4.79 Å². The number of carbonyl (C=O) groups excluding carboxylic acids is 1. The minimum atomic E-state index is -0.339. The molecule has 1 aromatic rings. The number of aromatic nitrogens is 2. The van der Waals surface area contributed by atoms with Crippen LogP contribution in [0.25, 0.3) is 0 Å². The number of nitrogens with one attached hydrogen (secondary N) is 1. The molecule has 0 aliphatic carbocycles. The number of hydrogen-bond acceptors (Lipinski definition) is 5. The van der Waals surface area contributed by atoms with E-state index in [0.29, 0.717) is 5.89 Å². The van der Waals surface area contributed by atoms with E-state index in [1.165, 1.54) is 0 Å². The highest BCUT2D eigenvalue weighted by atomic mass is 35.5. The third-order valence-corrected chi connectivity index (χ3v) is 2.11. The van der Waals surface area contributed by atoms with Gasteiger partial charge in [0.15, 0.2) is 0 Å². The van der Waals surface area contributed by atoms with Crippen LogP contribution in [0.5, 0.6) is 0 Å². The molecule has 0 saturated carbocycles. The maximum atomic E-state index is 11.5. The van der Waals surface area contributed by atoms with Crippen LogP contribution in [0.4, 0.5) is 6.01 Å². The van der Waals surface area contributed by atoms with Gasteiger partial charge < -0.3 is 14.6 Å². The van der Waals surface area contributed by atoms with Gasteiger partial charge in [0.05, 0.1) is 0 Å². The molecule has 0 saturated heterocycles. The second-order valence-electron chi connectivity index (χ2n) is 4.12. The van der Waals surface area contributed by atoms with Crippen LogP contribution in [-0.4, -0.2) is 35.7 Å². The second-order valence-corrected chi connectivity index (χ2v) is 4.77. The highest BCUT2D eigenvalue weighted by molar-refractivity contribution is 6.20. The van der Waals surface area contributed by atoms with E-state index in [0.717, 1.165) is 0 Å². The Labute approximate surface area is 105 Å². The molecule has 0 fully saturated rings. The summed E-state index contributed by atoms with van der Waals surface area (Å²) in [7, 11) is 1.70. The zero-order chi connectivity index (χ0) is 13.0. The molecule has 0 spiro atoms. The van der Waals surface area contributed by atoms with Crippen molar-refractivity contribution in [2.45, 2.75) is 32.2 Å². The third-order valence-electron chi connectivity index (χ3n) is 1.93. The Morgan fingerprint density at radius 2 is 2.12 bits per heavy atom. The Bertz CT molecular complexity index is 378. The van der Waals surface area contributed by atoms with Crippen LogP contribution in [-0.2, 0) is 4.79 Å². The van der Waals surface area contributed by atoms with Crippen molar-refractivity contribution in [3.8, 4) is 0 Å². The first-order valence-corrected chi connectivity index (χ1v) is 5.81. The molecule has 6 nitrogen and oxygen atoms in total. The fourth-order valence-electron chi connectivity index (χ4n) is 1.19. The van der Waals surface area contributed by atoms with Gasteiger partial charge in [0.25, 0.3) is 0 Å². The van der Waals surface area contributed by atoms with E-state index in [-0.39, 0.29) is 29.9 Å². The quantitative estimate of drug-likeness (QED) is 0.809. The summed E-state index contributed by atoms with van der Waals surface area (Å²) in [5.41, 5.74) is 0. The predicted molar refractivity (Wildman–Crippen MR) is 65.1 cm³/mol. The first kappa shape index (κ1) is 13.8. The average Bonchev–Trinajstić information content (AvgIpc) is 2.64. The molecule has 1 N–H and O–H groups in total. The summed E-state index contributed by atoms with van der Waals surface area (Å²) >= 11 is 5.80. The van der Waals surface area contributed by atoms with Crippen molar-refractivity contribution in [1.82, 2.24) is 15.5 Å². The minimum Gasteiger partial charge on any atom is -0.406 e. The lowest BCUT2D eigenvalue weighted by Gasteiger charge is -2.15. The van der Waals surface area contributed by atoms with Crippen LogP contribution in [0.1, 0.15) is 32.0 Å². The van der Waals surface area contributed by atoms with Crippen molar-refractivity contribution >= 4 is 23.5 Å². The van der Waals surface area contributed by atoms with Crippen LogP contribution in [0.3, 0.4) is 0 Å². The maximum absolute atomic E-state index is 11.5. The van der Waals surface area contributed by atoms with Crippen LogP contribution >= 0.6 is 11.6 Å². The standard InChI is InChI=1S/C10H17ClN4O2/c1-6(2)12-8(16)5-15(4)10-14-13-9(17-10)7(3)11/h6-7H,5H2,1-4H3,(H,12,16). The highest BCUT2D eigenvalue weighted by Gasteiger charge is 2.16. The minimum absolute atomic E-state index is 0.0961. The maximum Gasteiger partial charge on any atom is 0.318 e. The van der Waals surface area contributed by atoms with Gasteiger partial charge in [-0.1, -0.05) is 5.10 Å². The molecule has 17 heavy (non-hydrogen) atoms.